The Morgan fingerprint density at radius 3 is 2.44 bits per heavy atom. The molecular formula is C12H17NO4S. The number of hydrogen-bond acceptors (Lipinski definition) is 3. The van der Waals surface area contributed by atoms with E-state index in [2.05, 4.69) is 4.72 Å². The Hall–Kier alpha value is -1.40. The standard InChI is InChI=1S/C12H17NO4S/c1-3-9(12(14)15)10-7-5-6-8-11(10)18(16,17)13-4-2/h5-9,13H,3-4H2,1-2H3,(H,14,15). The highest BCUT2D eigenvalue weighted by atomic mass is 32.2. The lowest BCUT2D eigenvalue weighted by atomic mass is 9.97. The Kier molecular flexibility index (Phi) is 4.86. The fourth-order valence-electron chi connectivity index (χ4n) is 1.81. The quantitative estimate of drug-likeness (QED) is 0.822. The van der Waals surface area contributed by atoms with E-state index < -0.39 is 21.9 Å². The van der Waals surface area contributed by atoms with Crippen LogP contribution in [0.2, 0.25) is 0 Å². The molecule has 0 bridgehead atoms. The zero-order chi connectivity index (χ0) is 13.8. The van der Waals surface area contributed by atoms with Gasteiger partial charge in [-0.2, -0.15) is 0 Å². The second kappa shape index (κ2) is 5.97. The number of aliphatic carboxylic acids is 1. The number of nitrogens with one attached hydrogen (secondary N) is 1. The molecule has 6 heteroatoms. The van der Waals surface area contributed by atoms with Gasteiger partial charge in [-0.05, 0) is 18.1 Å². The third kappa shape index (κ3) is 3.08. The second-order valence-corrected chi connectivity index (χ2v) is 5.57. The van der Waals surface area contributed by atoms with Crippen LogP contribution in [-0.4, -0.2) is 26.0 Å². The van der Waals surface area contributed by atoms with Crippen molar-refractivity contribution in [3.8, 4) is 0 Å². The first-order valence-electron chi connectivity index (χ1n) is 5.75. The van der Waals surface area contributed by atoms with Gasteiger partial charge in [-0.3, -0.25) is 4.79 Å². The van der Waals surface area contributed by atoms with Gasteiger partial charge in [0.15, 0.2) is 0 Å². The van der Waals surface area contributed by atoms with Crippen molar-refractivity contribution < 1.29 is 18.3 Å². The maximum atomic E-state index is 12.0. The zero-order valence-corrected chi connectivity index (χ0v) is 11.2. The first kappa shape index (κ1) is 14.7. The van der Waals surface area contributed by atoms with Crippen LogP contribution in [0.5, 0.6) is 0 Å². The molecule has 0 aliphatic rings. The molecule has 1 rings (SSSR count). The van der Waals surface area contributed by atoms with Gasteiger partial charge in [0.1, 0.15) is 0 Å². The molecule has 0 saturated carbocycles. The van der Waals surface area contributed by atoms with Gasteiger partial charge in [0.25, 0.3) is 0 Å². The van der Waals surface area contributed by atoms with E-state index in [1.165, 1.54) is 6.07 Å². The van der Waals surface area contributed by atoms with Crippen molar-refractivity contribution in [1.82, 2.24) is 4.72 Å². The summed E-state index contributed by atoms with van der Waals surface area (Å²) in [5.74, 6) is -1.83. The highest BCUT2D eigenvalue weighted by Crippen LogP contribution is 2.26. The molecule has 0 saturated heterocycles. The SMILES string of the molecule is CCNS(=O)(=O)c1ccccc1C(CC)C(=O)O. The molecule has 0 aliphatic carbocycles. The Morgan fingerprint density at radius 1 is 1.33 bits per heavy atom. The van der Waals surface area contributed by atoms with Crippen molar-refractivity contribution in [2.75, 3.05) is 6.54 Å². The third-order valence-corrected chi connectivity index (χ3v) is 4.24. The van der Waals surface area contributed by atoms with Crippen LogP contribution in [0, 0.1) is 0 Å². The van der Waals surface area contributed by atoms with Gasteiger partial charge in [0, 0.05) is 6.54 Å². The molecule has 100 valence electrons. The lowest BCUT2D eigenvalue weighted by molar-refractivity contribution is -0.138. The molecule has 0 fully saturated rings. The average molecular weight is 271 g/mol. The first-order chi connectivity index (χ1) is 8.44. The molecule has 0 aromatic heterocycles. The second-order valence-electron chi connectivity index (χ2n) is 3.84. The minimum absolute atomic E-state index is 0.0427. The highest BCUT2D eigenvalue weighted by molar-refractivity contribution is 7.89. The van der Waals surface area contributed by atoms with E-state index in [1.54, 1.807) is 32.0 Å². The monoisotopic (exact) mass is 271 g/mol. The van der Waals surface area contributed by atoms with Gasteiger partial charge in [-0.15, -0.1) is 0 Å². The Labute approximate surface area is 107 Å². The summed E-state index contributed by atoms with van der Waals surface area (Å²) in [5, 5.41) is 9.13. The molecule has 0 heterocycles. The minimum Gasteiger partial charge on any atom is -0.481 e. The normalized spacial score (nSPS) is 13.2. The smallest absolute Gasteiger partial charge is 0.311 e. The van der Waals surface area contributed by atoms with Crippen LogP contribution in [-0.2, 0) is 14.8 Å². The van der Waals surface area contributed by atoms with Crippen molar-refractivity contribution in [1.29, 1.82) is 0 Å². The van der Waals surface area contributed by atoms with Crippen LogP contribution >= 0.6 is 0 Å². The van der Waals surface area contributed by atoms with Crippen molar-refractivity contribution in [2.45, 2.75) is 31.1 Å². The Balaban J connectivity index is 3.35. The zero-order valence-electron chi connectivity index (χ0n) is 10.4. The molecule has 2 N–H and O–H groups in total. The summed E-state index contributed by atoms with van der Waals surface area (Å²) in [5.41, 5.74) is 0.327. The van der Waals surface area contributed by atoms with E-state index in [1.807, 2.05) is 0 Å². The topological polar surface area (TPSA) is 83.5 Å². The molecule has 0 spiro atoms. The van der Waals surface area contributed by atoms with E-state index in [0.29, 0.717) is 12.0 Å². The van der Waals surface area contributed by atoms with Crippen molar-refractivity contribution >= 4 is 16.0 Å². The number of carboxylic acids is 1. The van der Waals surface area contributed by atoms with Gasteiger partial charge < -0.3 is 5.11 Å². The molecule has 1 unspecified atom stereocenters. The van der Waals surface area contributed by atoms with Crippen molar-refractivity contribution in [3.63, 3.8) is 0 Å². The number of hydrogen-bond donors (Lipinski definition) is 2. The summed E-state index contributed by atoms with van der Waals surface area (Å²) in [4.78, 5) is 11.2. The van der Waals surface area contributed by atoms with Crippen LogP contribution in [0.1, 0.15) is 31.7 Å². The third-order valence-electron chi connectivity index (χ3n) is 2.62. The summed E-state index contributed by atoms with van der Waals surface area (Å²) in [6.45, 7) is 3.66. The molecule has 1 atom stereocenters. The van der Waals surface area contributed by atoms with Gasteiger partial charge >= 0.3 is 5.97 Å². The summed E-state index contributed by atoms with van der Waals surface area (Å²) >= 11 is 0. The molecule has 0 radical (unpaired) electrons. The molecule has 5 nitrogen and oxygen atoms in total. The predicted octanol–water partition coefficient (Wildman–Crippen LogP) is 1.56. The fourth-order valence-corrected chi connectivity index (χ4v) is 3.12. The maximum Gasteiger partial charge on any atom is 0.311 e. The van der Waals surface area contributed by atoms with Gasteiger partial charge in [0.05, 0.1) is 10.8 Å². The summed E-state index contributed by atoms with van der Waals surface area (Å²) in [6.07, 6.45) is 0.341. The van der Waals surface area contributed by atoms with Gasteiger partial charge in [0.2, 0.25) is 10.0 Å². The molecule has 0 aliphatic heterocycles. The van der Waals surface area contributed by atoms with Crippen LogP contribution in [0.3, 0.4) is 0 Å². The molecule has 1 aromatic carbocycles. The molecule has 0 amide bonds. The number of carbonyl (C=O) groups is 1. The van der Waals surface area contributed by atoms with Crippen LogP contribution < -0.4 is 4.72 Å². The van der Waals surface area contributed by atoms with E-state index in [9.17, 15) is 13.2 Å². The van der Waals surface area contributed by atoms with Gasteiger partial charge in [-0.1, -0.05) is 32.0 Å². The van der Waals surface area contributed by atoms with E-state index in [-0.39, 0.29) is 11.4 Å². The van der Waals surface area contributed by atoms with Crippen molar-refractivity contribution in [2.24, 2.45) is 0 Å². The summed E-state index contributed by atoms with van der Waals surface area (Å²) in [6, 6.07) is 6.21. The average Bonchev–Trinajstić information content (AvgIpc) is 2.30. The van der Waals surface area contributed by atoms with E-state index in [0.717, 1.165) is 0 Å². The number of rotatable bonds is 6. The lowest BCUT2D eigenvalue weighted by Crippen LogP contribution is -2.25. The van der Waals surface area contributed by atoms with Crippen LogP contribution in [0.15, 0.2) is 29.2 Å². The lowest BCUT2D eigenvalue weighted by Gasteiger charge is -2.15. The van der Waals surface area contributed by atoms with Crippen LogP contribution in [0.25, 0.3) is 0 Å². The summed E-state index contributed by atoms with van der Waals surface area (Å²) in [7, 11) is -3.64. The molecule has 18 heavy (non-hydrogen) atoms. The Bertz CT molecular complexity index is 525. The highest BCUT2D eigenvalue weighted by Gasteiger charge is 2.25. The van der Waals surface area contributed by atoms with Gasteiger partial charge in [-0.25, -0.2) is 13.1 Å². The molecular weight excluding hydrogens is 254 g/mol. The van der Waals surface area contributed by atoms with E-state index >= 15 is 0 Å². The number of sulfonamides is 1. The number of benzene rings is 1. The largest absolute Gasteiger partial charge is 0.481 e. The van der Waals surface area contributed by atoms with Crippen LogP contribution in [0.4, 0.5) is 0 Å². The predicted molar refractivity (Wildman–Crippen MR) is 68.0 cm³/mol. The first-order valence-corrected chi connectivity index (χ1v) is 7.23. The fraction of sp³-hybridized carbons (Fsp3) is 0.417. The maximum absolute atomic E-state index is 12.0. The minimum atomic E-state index is -3.64. The number of carboxylic acid groups (broad SMARTS) is 1. The summed E-state index contributed by atoms with van der Waals surface area (Å²) < 4.78 is 26.4. The Morgan fingerprint density at radius 2 is 1.94 bits per heavy atom. The van der Waals surface area contributed by atoms with Crippen molar-refractivity contribution in [3.05, 3.63) is 29.8 Å². The molecule has 1 aromatic rings. The van der Waals surface area contributed by atoms with E-state index in [4.69, 9.17) is 5.11 Å².